The van der Waals surface area contributed by atoms with Crippen LogP contribution >= 0.6 is 23.2 Å². The van der Waals surface area contributed by atoms with E-state index in [1.807, 2.05) is 30.3 Å². The molecule has 0 saturated heterocycles. The van der Waals surface area contributed by atoms with Crippen molar-refractivity contribution in [3.8, 4) is 0 Å². The van der Waals surface area contributed by atoms with Gasteiger partial charge in [0.1, 0.15) is 10.2 Å². The summed E-state index contributed by atoms with van der Waals surface area (Å²) < 4.78 is 12.5. The molecule has 0 heterocycles. The summed E-state index contributed by atoms with van der Waals surface area (Å²) in [5, 5.41) is 2.92. The monoisotopic (exact) mass is 337 g/mol. The van der Waals surface area contributed by atoms with E-state index in [9.17, 15) is 9.18 Å². The van der Waals surface area contributed by atoms with E-state index in [0.29, 0.717) is 12.0 Å². The smallest absolute Gasteiger partial charge is 0.227 e. The predicted molar refractivity (Wildman–Crippen MR) is 85.4 cm³/mol. The Morgan fingerprint density at radius 3 is 2.36 bits per heavy atom. The van der Waals surface area contributed by atoms with Crippen LogP contribution in [0, 0.1) is 11.7 Å². The molecule has 5 heteroatoms. The Balaban J connectivity index is 1.89. The second-order valence-corrected chi connectivity index (χ2v) is 6.97. The highest BCUT2D eigenvalue weighted by molar-refractivity contribution is 6.52. The van der Waals surface area contributed by atoms with Crippen LogP contribution in [-0.4, -0.2) is 10.2 Å². The molecule has 1 aliphatic carbocycles. The van der Waals surface area contributed by atoms with Gasteiger partial charge in [-0.15, -0.1) is 23.2 Å². The molecule has 2 atom stereocenters. The summed E-state index contributed by atoms with van der Waals surface area (Å²) in [5.41, 5.74) is 1.55. The van der Waals surface area contributed by atoms with Crippen LogP contribution in [0.3, 0.4) is 0 Å². The number of amides is 1. The molecule has 1 saturated carbocycles. The van der Waals surface area contributed by atoms with Crippen molar-refractivity contribution in [2.24, 2.45) is 5.92 Å². The SMILES string of the molecule is O=C(N[C@H](c1ccccc1)c1cccc(F)c1)[C@H]1CC1(Cl)Cl. The molecule has 0 aliphatic heterocycles. The quantitative estimate of drug-likeness (QED) is 0.831. The van der Waals surface area contributed by atoms with Gasteiger partial charge in [0.25, 0.3) is 0 Å². The number of carbonyl (C=O) groups is 1. The van der Waals surface area contributed by atoms with Crippen molar-refractivity contribution in [1.29, 1.82) is 0 Å². The van der Waals surface area contributed by atoms with E-state index in [2.05, 4.69) is 5.32 Å². The number of benzene rings is 2. The van der Waals surface area contributed by atoms with Gasteiger partial charge in [0.05, 0.1) is 12.0 Å². The van der Waals surface area contributed by atoms with E-state index in [4.69, 9.17) is 23.2 Å². The highest BCUT2D eigenvalue weighted by Crippen LogP contribution is 2.53. The minimum atomic E-state index is -0.979. The van der Waals surface area contributed by atoms with Crippen molar-refractivity contribution < 1.29 is 9.18 Å². The molecule has 0 unspecified atom stereocenters. The van der Waals surface area contributed by atoms with Gasteiger partial charge in [-0.3, -0.25) is 4.79 Å². The molecule has 0 aromatic heterocycles. The Morgan fingerprint density at radius 1 is 1.14 bits per heavy atom. The Hall–Kier alpha value is -1.58. The van der Waals surface area contributed by atoms with E-state index in [-0.39, 0.29) is 11.7 Å². The lowest BCUT2D eigenvalue weighted by Crippen LogP contribution is -2.31. The van der Waals surface area contributed by atoms with Gasteiger partial charge < -0.3 is 5.32 Å². The van der Waals surface area contributed by atoms with Gasteiger partial charge >= 0.3 is 0 Å². The average Bonchev–Trinajstić information content (AvgIpc) is 3.14. The number of nitrogens with one attached hydrogen (secondary N) is 1. The molecular formula is C17H14Cl2FNO. The van der Waals surface area contributed by atoms with E-state index in [0.717, 1.165) is 5.56 Å². The fraction of sp³-hybridized carbons (Fsp3) is 0.235. The Morgan fingerprint density at radius 2 is 1.77 bits per heavy atom. The number of hydrogen-bond acceptors (Lipinski definition) is 1. The van der Waals surface area contributed by atoms with Crippen LogP contribution in [0.15, 0.2) is 54.6 Å². The second-order valence-electron chi connectivity index (χ2n) is 5.43. The highest BCUT2D eigenvalue weighted by atomic mass is 35.5. The summed E-state index contributed by atoms with van der Waals surface area (Å²) in [5.74, 6) is -0.984. The molecule has 1 amide bonds. The van der Waals surface area contributed by atoms with Crippen LogP contribution in [0.5, 0.6) is 0 Å². The van der Waals surface area contributed by atoms with Crippen molar-refractivity contribution in [1.82, 2.24) is 5.32 Å². The third-order valence-corrected chi connectivity index (χ3v) is 4.58. The van der Waals surface area contributed by atoms with E-state index in [1.54, 1.807) is 12.1 Å². The lowest BCUT2D eigenvalue weighted by atomic mass is 9.98. The molecular weight excluding hydrogens is 324 g/mol. The van der Waals surface area contributed by atoms with Crippen molar-refractivity contribution in [3.05, 3.63) is 71.5 Å². The molecule has 22 heavy (non-hydrogen) atoms. The summed E-state index contributed by atoms with van der Waals surface area (Å²) in [4.78, 5) is 12.3. The largest absolute Gasteiger partial charge is 0.345 e. The zero-order valence-corrected chi connectivity index (χ0v) is 13.1. The van der Waals surface area contributed by atoms with Gasteiger partial charge in [0.15, 0.2) is 0 Å². The molecule has 0 spiro atoms. The molecule has 1 fully saturated rings. The second kappa shape index (κ2) is 5.90. The topological polar surface area (TPSA) is 29.1 Å². The summed E-state index contributed by atoms with van der Waals surface area (Å²) in [6, 6.07) is 15.2. The number of halogens is 3. The molecule has 0 radical (unpaired) electrons. The third-order valence-electron chi connectivity index (χ3n) is 3.74. The van der Waals surface area contributed by atoms with Crippen molar-refractivity contribution in [3.63, 3.8) is 0 Å². The van der Waals surface area contributed by atoms with Crippen molar-refractivity contribution in [2.75, 3.05) is 0 Å². The molecule has 0 bridgehead atoms. The normalized spacial score (nSPS) is 20.2. The number of hydrogen-bond donors (Lipinski definition) is 1. The minimum Gasteiger partial charge on any atom is -0.345 e. The van der Waals surface area contributed by atoms with Crippen LogP contribution in [0.1, 0.15) is 23.6 Å². The zero-order chi connectivity index (χ0) is 15.7. The van der Waals surface area contributed by atoms with Crippen LogP contribution < -0.4 is 5.32 Å². The van der Waals surface area contributed by atoms with Gasteiger partial charge in [-0.25, -0.2) is 4.39 Å². The molecule has 3 rings (SSSR count). The lowest BCUT2D eigenvalue weighted by Gasteiger charge is -2.20. The maximum absolute atomic E-state index is 13.5. The summed E-state index contributed by atoms with van der Waals surface area (Å²) in [7, 11) is 0. The predicted octanol–water partition coefficient (Wildman–Crippen LogP) is 4.23. The summed E-state index contributed by atoms with van der Waals surface area (Å²) in [6.45, 7) is 0. The first-order chi connectivity index (χ1) is 10.5. The van der Waals surface area contributed by atoms with Gasteiger partial charge in [-0.2, -0.15) is 0 Å². The average molecular weight is 338 g/mol. The first-order valence-electron chi connectivity index (χ1n) is 6.96. The molecule has 1 N–H and O–H groups in total. The first kappa shape index (κ1) is 15.3. The maximum Gasteiger partial charge on any atom is 0.227 e. The number of carbonyl (C=O) groups excluding carboxylic acids is 1. The number of alkyl halides is 2. The van der Waals surface area contributed by atoms with Gasteiger partial charge in [-0.05, 0) is 29.7 Å². The fourth-order valence-electron chi connectivity index (χ4n) is 2.43. The van der Waals surface area contributed by atoms with Crippen LogP contribution in [-0.2, 0) is 4.79 Å². The standard InChI is InChI=1S/C17H14Cl2FNO/c18-17(19)10-14(17)16(22)21-15(11-5-2-1-3-6-11)12-7-4-8-13(20)9-12/h1-9,14-15H,10H2,(H,21,22)/t14-,15-/m1/s1. The highest BCUT2D eigenvalue weighted by Gasteiger charge is 2.56. The first-order valence-corrected chi connectivity index (χ1v) is 7.71. The van der Waals surface area contributed by atoms with Crippen molar-refractivity contribution in [2.45, 2.75) is 16.8 Å². The summed E-state index contributed by atoms with van der Waals surface area (Å²) in [6.07, 6.45) is 0.437. The summed E-state index contributed by atoms with van der Waals surface area (Å²) >= 11 is 11.9. The fourth-order valence-corrected chi connectivity index (χ4v) is 2.94. The molecule has 2 aromatic carbocycles. The Bertz CT molecular complexity index is 690. The number of rotatable bonds is 4. The molecule has 2 nitrogen and oxygen atoms in total. The van der Waals surface area contributed by atoms with E-state index in [1.165, 1.54) is 12.1 Å². The molecule has 1 aliphatic rings. The van der Waals surface area contributed by atoms with E-state index >= 15 is 0 Å². The maximum atomic E-state index is 13.5. The van der Waals surface area contributed by atoms with Gasteiger partial charge in [0, 0.05) is 0 Å². The van der Waals surface area contributed by atoms with Crippen molar-refractivity contribution >= 4 is 29.1 Å². The van der Waals surface area contributed by atoms with Gasteiger partial charge in [-0.1, -0.05) is 42.5 Å². The van der Waals surface area contributed by atoms with Gasteiger partial charge in [0.2, 0.25) is 5.91 Å². The minimum absolute atomic E-state index is 0.219. The van der Waals surface area contributed by atoms with Crippen LogP contribution in [0.4, 0.5) is 4.39 Å². The zero-order valence-electron chi connectivity index (χ0n) is 11.6. The van der Waals surface area contributed by atoms with Crippen LogP contribution in [0.25, 0.3) is 0 Å². The lowest BCUT2D eigenvalue weighted by molar-refractivity contribution is -0.122. The Kier molecular flexibility index (Phi) is 4.11. The molecule has 114 valence electrons. The third kappa shape index (κ3) is 3.26. The molecule has 2 aromatic rings. The van der Waals surface area contributed by atoms with Crippen LogP contribution in [0.2, 0.25) is 0 Å². The Labute approximate surface area is 138 Å². The van der Waals surface area contributed by atoms with E-state index < -0.39 is 16.3 Å².